The zero-order valence-electron chi connectivity index (χ0n) is 12.4. The lowest BCUT2D eigenvalue weighted by atomic mass is 10.3. The molecule has 0 aliphatic heterocycles. The third kappa shape index (κ3) is 4.46. The summed E-state index contributed by atoms with van der Waals surface area (Å²) in [7, 11) is 0. The molecule has 0 radical (unpaired) electrons. The summed E-state index contributed by atoms with van der Waals surface area (Å²) in [6.07, 6.45) is 2.53. The Morgan fingerprint density at radius 3 is 2.90 bits per heavy atom. The van der Waals surface area contributed by atoms with Crippen molar-refractivity contribution in [2.24, 2.45) is 0 Å². The molecule has 114 valence electrons. The van der Waals surface area contributed by atoms with Crippen molar-refractivity contribution in [3.8, 4) is 11.5 Å². The Morgan fingerprint density at radius 2 is 2.24 bits per heavy atom. The summed E-state index contributed by atoms with van der Waals surface area (Å²) in [4.78, 5) is 13.6. The Bertz CT molecular complexity index is 548. The van der Waals surface area contributed by atoms with Crippen LogP contribution in [0.4, 0.5) is 0 Å². The minimum atomic E-state index is -0.222. The Kier molecular flexibility index (Phi) is 5.57. The fourth-order valence-electron chi connectivity index (χ4n) is 2.07. The zero-order chi connectivity index (χ0) is 15.1. The predicted molar refractivity (Wildman–Crippen MR) is 76.4 cm³/mol. The molecular formula is C15H20N2O4. The third-order valence-electron chi connectivity index (χ3n) is 2.91. The van der Waals surface area contributed by atoms with E-state index in [2.05, 4.69) is 12.1 Å². The highest BCUT2D eigenvalue weighted by atomic mass is 16.5. The van der Waals surface area contributed by atoms with Crippen molar-refractivity contribution in [1.82, 2.24) is 10.1 Å². The van der Waals surface area contributed by atoms with Gasteiger partial charge in [0, 0.05) is 12.6 Å². The van der Waals surface area contributed by atoms with E-state index in [1.165, 1.54) is 0 Å². The van der Waals surface area contributed by atoms with Crippen LogP contribution in [0.3, 0.4) is 0 Å². The predicted octanol–water partition coefficient (Wildman–Crippen LogP) is 2.71. The van der Waals surface area contributed by atoms with Gasteiger partial charge in [-0.05, 0) is 32.0 Å². The molecule has 0 saturated heterocycles. The van der Waals surface area contributed by atoms with Gasteiger partial charge in [-0.3, -0.25) is 9.69 Å². The third-order valence-corrected chi connectivity index (χ3v) is 2.91. The van der Waals surface area contributed by atoms with Crippen LogP contribution in [0.15, 0.2) is 33.4 Å². The molecule has 2 heterocycles. The molecule has 0 spiro atoms. The first-order valence-corrected chi connectivity index (χ1v) is 7.10. The first-order chi connectivity index (χ1) is 10.2. The van der Waals surface area contributed by atoms with Crippen molar-refractivity contribution >= 4 is 5.97 Å². The molecule has 21 heavy (non-hydrogen) atoms. The van der Waals surface area contributed by atoms with E-state index in [4.69, 9.17) is 13.7 Å². The maximum absolute atomic E-state index is 11.6. The van der Waals surface area contributed by atoms with E-state index in [0.717, 1.165) is 18.7 Å². The second-order valence-electron chi connectivity index (χ2n) is 4.68. The van der Waals surface area contributed by atoms with Gasteiger partial charge >= 0.3 is 5.97 Å². The molecule has 2 aromatic heterocycles. The lowest BCUT2D eigenvalue weighted by Crippen LogP contribution is -2.31. The quantitative estimate of drug-likeness (QED) is 0.697. The van der Waals surface area contributed by atoms with E-state index in [-0.39, 0.29) is 12.5 Å². The monoisotopic (exact) mass is 292 g/mol. The lowest BCUT2D eigenvalue weighted by Gasteiger charge is -2.18. The number of furan rings is 1. The van der Waals surface area contributed by atoms with E-state index in [9.17, 15) is 4.79 Å². The second kappa shape index (κ2) is 7.64. The van der Waals surface area contributed by atoms with E-state index in [0.29, 0.717) is 24.7 Å². The number of hydrogen-bond donors (Lipinski definition) is 0. The summed E-state index contributed by atoms with van der Waals surface area (Å²) < 4.78 is 15.5. The molecule has 2 aromatic rings. The number of carbonyl (C=O) groups excluding carboxylic acids is 1. The van der Waals surface area contributed by atoms with Gasteiger partial charge in [0.1, 0.15) is 0 Å². The number of nitrogens with zero attached hydrogens (tertiary/aromatic N) is 2. The van der Waals surface area contributed by atoms with Crippen LogP contribution in [-0.2, 0) is 16.1 Å². The summed E-state index contributed by atoms with van der Waals surface area (Å²) in [5.74, 6) is 1.00. The summed E-state index contributed by atoms with van der Waals surface area (Å²) in [5, 5.41) is 4.02. The Labute approximate surface area is 123 Å². The van der Waals surface area contributed by atoms with E-state index >= 15 is 0 Å². The van der Waals surface area contributed by atoms with Gasteiger partial charge in [0.25, 0.3) is 0 Å². The standard InChI is InChI=1S/C15H20N2O4/c1-3-7-17(11-15(18)19-4-2)10-12-9-14(21-16-12)13-6-5-8-20-13/h5-6,8-9H,3-4,7,10-11H2,1-2H3. The molecule has 0 aliphatic carbocycles. The van der Waals surface area contributed by atoms with Crippen molar-refractivity contribution in [3.05, 3.63) is 30.2 Å². The van der Waals surface area contributed by atoms with Crippen molar-refractivity contribution in [3.63, 3.8) is 0 Å². The van der Waals surface area contributed by atoms with Crippen LogP contribution in [0.5, 0.6) is 0 Å². The van der Waals surface area contributed by atoms with Crippen LogP contribution in [0.1, 0.15) is 26.0 Å². The van der Waals surface area contributed by atoms with Crippen LogP contribution in [-0.4, -0.2) is 35.7 Å². The molecule has 0 unspecified atom stereocenters. The first-order valence-electron chi connectivity index (χ1n) is 7.10. The van der Waals surface area contributed by atoms with Gasteiger partial charge in [0.05, 0.1) is 25.1 Å². The number of rotatable bonds is 8. The highest BCUT2D eigenvalue weighted by molar-refractivity contribution is 5.71. The fraction of sp³-hybridized carbons (Fsp3) is 0.467. The molecule has 0 amide bonds. The topological polar surface area (TPSA) is 68.7 Å². The van der Waals surface area contributed by atoms with E-state index in [1.54, 1.807) is 19.3 Å². The summed E-state index contributed by atoms with van der Waals surface area (Å²) in [6.45, 7) is 5.85. The van der Waals surface area contributed by atoms with Crippen LogP contribution in [0, 0.1) is 0 Å². The summed E-state index contributed by atoms with van der Waals surface area (Å²) in [6, 6.07) is 5.43. The van der Waals surface area contributed by atoms with Crippen molar-refractivity contribution in [2.45, 2.75) is 26.8 Å². The van der Waals surface area contributed by atoms with Crippen molar-refractivity contribution in [2.75, 3.05) is 19.7 Å². The molecule has 6 heteroatoms. The van der Waals surface area contributed by atoms with Crippen LogP contribution in [0.25, 0.3) is 11.5 Å². The SMILES string of the molecule is CCCN(CC(=O)OCC)Cc1cc(-c2ccco2)on1. The van der Waals surface area contributed by atoms with Crippen LogP contribution in [0.2, 0.25) is 0 Å². The molecule has 2 rings (SSSR count). The average Bonchev–Trinajstić information content (AvgIpc) is 3.09. The molecule has 0 atom stereocenters. The van der Waals surface area contributed by atoms with Crippen molar-refractivity contribution < 1.29 is 18.5 Å². The van der Waals surface area contributed by atoms with Gasteiger partial charge in [0.2, 0.25) is 5.76 Å². The largest absolute Gasteiger partial charge is 0.465 e. The second-order valence-corrected chi connectivity index (χ2v) is 4.68. The molecule has 0 bridgehead atoms. The van der Waals surface area contributed by atoms with Crippen LogP contribution >= 0.6 is 0 Å². The number of aromatic nitrogens is 1. The van der Waals surface area contributed by atoms with E-state index < -0.39 is 0 Å². The smallest absolute Gasteiger partial charge is 0.320 e. The Morgan fingerprint density at radius 1 is 1.38 bits per heavy atom. The number of ether oxygens (including phenoxy) is 1. The molecular weight excluding hydrogens is 272 g/mol. The molecule has 0 aromatic carbocycles. The number of hydrogen-bond acceptors (Lipinski definition) is 6. The summed E-state index contributed by atoms with van der Waals surface area (Å²) in [5.41, 5.74) is 0.763. The molecule has 0 fully saturated rings. The first kappa shape index (κ1) is 15.3. The number of esters is 1. The molecule has 6 nitrogen and oxygen atoms in total. The average molecular weight is 292 g/mol. The van der Waals surface area contributed by atoms with Crippen LogP contribution < -0.4 is 0 Å². The zero-order valence-corrected chi connectivity index (χ0v) is 12.4. The van der Waals surface area contributed by atoms with Crippen molar-refractivity contribution in [1.29, 1.82) is 0 Å². The van der Waals surface area contributed by atoms with Gasteiger partial charge in [0.15, 0.2) is 5.76 Å². The maximum Gasteiger partial charge on any atom is 0.320 e. The molecule has 0 N–H and O–H groups in total. The van der Waals surface area contributed by atoms with Gasteiger partial charge in [-0.15, -0.1) is 0 Å². The highest BCUT2D eigenvalue weighted by Crippen LogP contribution is 2.21. The van der Waals surface area contributed by atoms with Gasteiger partial charge < -0.3 is 13.7 Å². The normalized spacial score (nSPS) is 11.0. The minimum Gasteiger partial charge on any atom is -0.465 e. The molecule has 0 saturated carbocycles. The maximum atomic E-state index is 11.6. The Balaban J connectivity index is 1.98. The Hall–Kier alpha value is -2.08. The van der Waals surface area contributed by atoms with Gasteiger partial charge in [-0.2, -0.15) is 0 Å². The lowest BCUT2D eigenvalue weighted by molar-refractivity contribution is -0.144. The van der Waals surface area contributed by atoms with E-state index in [1.807, 2.05) is 17.0 Å². The minimum absolute atomic E-state index is 0.222. The number of carbonyl (C=O) groups is 1. The molecule has 0 aliphatic rings. The van der Waals surface area contributed by atoms with Gasteiger partial charge in [-0.1, -0.05) is 12.1 Å². The van der Waals surface area contributed by atoms with Gasteiger partial charge in [-0.25, -0.2) is 0 Å². The highest BCUT2D eigenvalue weighted by Gasteiger charge is 2.15. The fourth-order valence-corrected chi connectivity index (χ4v) is 2.07. The summed E-state index contributed by atoms with van der Waals surface area (Å²) >= 11 is 0.